The van der Waals surface area contributed by atoms with Crippen molar-refractivity contribution in [2.75, 3.05) is 25.4 Å². The highest BCUT2D eigenvalue weighted by molar-refractivity contribution is 7.89. The smallest absolute Gasteiger partial charge is 0.318 e. The number of sulfonamides is 1. The van der Waals surface area contributed by atoms with Crippen molar-refractivity contribution < 1.29 is 22.0 Å². The number of nitrogens with one attached hydrogen (secondary N) is 2. The Bertz CT molecular complexity index is 700. The van der Waals surface area contributed by atoms with Gasteiger partial charge in [-0.2, -0.15) is 0 Å². The van der Waals surface area contributed by atoms with E-state index in [1.165, 1.54) is 11.8 Å². The molecule has 0 bridgehead atoms. The second-order valence-corrected chi connectivity index (χ2v) is 8.64. The number of amides is 2. The molecule has 1 aliphatic heterocycles. The second kappa shape index (κ2) is 8.77. The maximum atomic E-state index is 13.7. The Morgan fingerprint density at radius 3 is 2.62 bits per heavy atom. The van der Waals surface area contributed by atoms with Gasteiger partial charge in [0.2, 0.25) is 10.0 Å². The molecule has 1 aliphatic rings. The zero-order valence-electron chi connectivity index (χ0n) is 14.7. The molecular weight excluding hydrogens is 364 g/mol. The van der Waals surface area contributed by atoms with Crippen LogP contribution in [0.2, 0.25) is 0 Å². The lowest BCUT2D eigenvalue weighted by Crippen LogP contribution is -2.57. The molecule has 1 aromatic carbocycles. The molecule has 0 spiro atoms. The number of hydrogen-bond acceptors (Lipinski definition) is 3. The van der Waals surface area contributed by atoms with Crippen LogP contribution in [0.5, 0.6) is 0 Å². The largest absolute Gasteiger partial charge is 0.327 e. The van der Waals surface area contributed by atoms with E-state index in [4.69, 9.17) is 0 Å². The van der Waals surface area contributed by atoms with E-state index in [9.17, 15) is 22.0 Å². The maximum absolute atomic E-state index is 13.7. The van der Waals surface area contributed by atoms with Gasteiger partial charge in [-0.05, 0) is 25.3 Å². The standard InChI is InChI=1S/C17H25F2N3O3S/c1-17(15(18)19,13-14-7-3-2-4-8-14)21-16(23)22-10-6-5-9-20-26(24,25)12-11-22/h2-4,7-8,15,20H,5-6,9-13H2,1H3,(H,21,23). The molecule has 26 heavy (non-hydrogen) atoms. The first-order chi connectivity index (χ1) is 12.2. The molecule has 1 fully saturated rings. The van der Waals surface area contributed by atoms with Gasteiger partial charge in [0.25, 0.3) is 6.43 Å². The maximum Gasteiger partial charge on any atom is 0.318 e. The summed E-state index contributed by atoms with van der Waals surface area (Å²) in [7, 11) is -3.46. The van der Waals surface area contributed by atoms with Crippen LogP contribution in [0, 0.1) is 0 Å². The lowest BCUT2D eigenvalue weighted by atomic mass is 9.93. The van der Waals surface area contributed by atoms with Crippen molar-refractivity contribution >= 4 is 16.1 Å². The van der Waals surface area contributed by atoms with Crippen molar-refractivity contribution in [3.63, 3.8) is 0 Å². The fourth-order valence-corrected chi connectivity index (χ4v) is 3.85. The van der Waals surface area contributed by atoms with Gasteiger partial charge in [-0.25, -0.2) is 26.7 Å². The van der Waals surface area contributed by atoms with Crippen LogP contribution in [-0.2, 0) is 16.4 Å². The summed E-state index contributed by atoms with van der Waals surface area (Å²) >= 11 is 0. The molecule has 0 radical (unpaired) electrons. The van der Waals surface area contributed by atoms with Crippen molar-refractivity contribution in [3.05, 3.63) is 35.9 Å². The van der Waals surface area contributed by atoms with Crippen LogP contribution in [-0.4, -0.2) is 56.7 Å². The topological polar surface area (TPSA) is 78.5 Å². The van der Waals surface area contributed by atoms with Crippen LogP contribution in [0.4, 0.5) is 13.6 Å². The molecule has 1 unspecified atom stereocenters. The molecule has 1 atom stereocenters. The van der Waals surface area contributed by atoms with E-state index in [0.29, 0.717) is 31.5 Å². The predicted octanol–water partition coefficient (Wildman–Crippen LogP) is 1.98. The van der Waals surface area contributed by atoms with Gasteiger partial charge in [-0.1, -0.05) is 30.3 Å². The minimum atomic E-state index is -3.46. The van der Waals surface area contributed by atoms with Gasteiger partial charge in [0, 0.05) is 26.1 Å². The van der Waals surface area contributed by atoms with E-state index >= 15 is 0 Å². The van der Waals surface area contributed by atoms with Crippen molar-refractivity contribution in [3.8, 4) is 0 Å². The van der Waals surface area contributed by atoms with Crippen molar-refractivity contribution in [1.82, 2.24) is 14.9 Å². The van der Waals surface area contributed by atoms with Gasteiger partial charge in [0.1, 0.15) is 5.54 Å². The van der Waals surface area contributed by atoms with Crippen LogP contribution in [0.3, 0.4) is 0 Å². The van der Waals surface area contributed by atoms with Gasteiger partial charge in [0.15, 0.2) is 0 Å². The summed E-state index contributed by atoms with van der Waals surface area (Å²) < 4.78 is 53.4. The van der Waals surface area contributed by atoms with Gasteiger partial charge >= 0.3 is 6.03 Å². The first-order valence-electron chi connectivity index (χ1n) is 8.58. The Morgan fingerprint density at radius 1 is 1.27 bits per heavy atom. The fraction of sp³-hybridized carbons (Fsp3) is 0.588. The molecule has 1 heterocycles. The van der Waals surface area contributed by atoms with E-state index in [1.807, 2.05) is 0 Å². The van der Waals surface area contributed by atoms with E-state index in [2.05, 4.69) is 10.0 Å². The Kier molecular flexibility index (Phi) is 6.94. The molecule has 2 rings (SSSR count). The van der Waals surface area contributed by atoms with E-state index in [-0.39, 0.29) is 18.7 Å². The highest BCUT2D eigenvalue weighted by Gasteiger charge is 2.38. The molecular formula is C17H25F2N3O3S. The molecule has 0 saturated carbocycles. The first-order valence-corrected chi connectivity index (χ1v) is 10.2. The number of hydrogen-bond donors (Lipinski definition) is 2. The summed E-state index contributed by atoms with van der Waals surface area (Å²) in [6, 6.07) is 8.09. The summed E-state index contributed by atoms with van der Waals surface area (Å²) in [4.78, 5) is 13.9. The lowest BCUT2D eigenvalue weighted by molar-refractivity contribution is 0.0426. The number of rotatable bonds is 4. The van der Waals surface area contributed by atoms with Crippen LogP contribution in [0.1, 0.15) is 25.3 Å². The Hall–Kier alpha value is -1.74. The number of nitrogens with zero attached hydrogens (tertiary/aromatic N) is 1. The molecule has 6 nitrogen and oxygen atoms in total. The second-order valence-electron chi connectivity index (χ2n) is 6.72. The molecule has 1 saturated heterocycles. The highest BCUT2D eigenvalue weighted by Crippen LogP contribution is 2.22. The van der Waals surface area contributed by atoms with Crippen molar-refractivity contribution in [2.45, 2.75) is 38.2 Å². The van der Waals surface area contributed by atoms with E-state index in [0.717, 1.165) is 0 Å². The normalized spacial score (nSPS) is 20.5. The molecule has 9 heteroatoms. The molecule has 2 N–H and O–H groups in total. The quantitative estimate of drug-likeness (QED) is 0.827. The number of benzene rings is 1. The molecule has 2 amide bonds. The van der Waals surface area contributed by atoms with Crippen LogP contribution < -0.4 is 10.0 Å². The average molecular weight is 389 g/mol. The van der Waals surface area contributed by atoms with Crippen LogP contribution >= 0.6 is 0 Å². The number of carbonyl (C=O) groups excluding carboxylic acids is 1. The summed E-state index contributed by atoms with van der Waals surface area (Å²) in [6.07, 6.45) is -1.61. The number of halogens is 2. The fourth-order valence-electron chi connectivity index (χ4n) is 2.79. The average Bonchev–Trinajstić information content (AvgIpc) is 2.65. The predicted molar refractivity (Wildman–Crippen MR) is 95.7 cm³/mol. The Labute approximate surface area is 153 Å². The SMILES string of the molecule is CC(Cc1ccccc1)(NC(=O)N1CCCCNS(=O)(=O)CC1)C(F)F. The summed E-state index contributed by atoms with van der Waals surface area (Å²) in [5, 5.41) is 2.43. The van der Waals surface area contributed by atoms with E-state index in [1.54, 1.807) is 30.3 Å². The van der Waals surface area contributed by atoms with Gasteiger partial charge < -0.3 is 10.2 Å². The summed E-state index contributed by atoms with van der Waals surface area (Å²) in [6.45, 7) is 1.91. The number of carbonyl (C=O) groups is 1. The summed E-state index contributed by atoms with van der Waals surface area (Å²) in [5.74, 6) is -0.246. The molecule has 0 aliphatic carbocycles. The van der Waals surface area contributed by atoms with Gasteiger partial charge in [0.05, 0.1) is 5.75 Å². The van der Waals surface area contributed by atoms with Crippen molar-refractivity contribution in [1.29, 1.82) is 0 Å². The van der Waals surface area contributed by atoms with Crippen LogP contribution in [0.15, 0.2) is 30.3 Å². The third kappa shape index (κ3) is 5.91. The van der Waals surface area contributed by atoms with Crippen molar-refractivity contribution in [2.24, 2.45) is 0 Å². The molecule has 0 aromatic heterocycles. The van der Waals surface area contributed by atoms with Gasteiger partial charge in [-0.15, -0.1) is 0 Å². The summed E-state index contributed by atoms with van der Waals surface area (Å²) in [5.41, 5.74) is -1.06. The Balaban J connectivity index is 2.09. The highest BCUT2D eigenvalue weighted by atomic mass is 32.2. The Morgan fingerprint density at radius 2 is 1.96 bits per heavy atom. The van der Waals surface area contributed by atoms with E-state index < -0.39 is 28.0 Å². The lowest BCUT2D eigenvalue weighted by Gasteiger charge is -2.33. The zero-order valence-corrected chi connectivity index (χ0v) is 15.6. The first kappa shape index (κ1) is 20.6. The van der Waals surface area contributed by atoms with Crippen LogP contribution in [0.25, 0.3) is 0 Å². The molecule has 1 aromatic rings. The van der Waals surface area contributed by atoms with Gasteiger partial charge in [-0.3, -0.25) is 0 Å². The minimum absolute atomic E-state index is 0.0229. The minimum Gasteiger partial charge on any atom is -0.327 e. The third-order valence-electron chi connectivity index (χ3n) is 4.38. The zero-order chi connectivity index (χ0) is 19.2. The monoisotopic (exact) mass is 389 g/mol. The number of urea groups is 1. The third-order valence-corrected chi connectivity index (χ3v) is 5.75. The molecule has 146 valence electrons. The number of alkyl halides is 2.